The van der Waals surface area contributed by atoms with Gasteiger partial charge in [-0.2, -0.15) is 0 Å². The van der Waals surface area contributed by atoms with Crippen LogP contribution in [0.25, 0.3) is 0 Å². The van der Waals surface area contributed by atoms with Crippen molar-refractivity contribution in [3.05, 3.63) is 120 Å². The Morgan fingerprint density at radius 3 is 1.48 bits per heavy atom. The summed E-state index contributed by atoms with van der Waals surface area (Å²) in [6.45, 7) is 8.58. The molecular formula is C29H31LiO. The molecule has 0 heterocycles. The van der Waals surface area contributed by atoms with E-state index in [0.717, 1.165) is 35.4 Å². The Bertz CT molecular complexity index is 818. The molecule has 1 atom stereocenters. The summed E-state index contributed by atoms with van der Waals surface area (Å²) in [5, 5.41) is 0. The van der Waals surface area contributed by atoms with Crippen molar-refractivity contribution in [2.75, 3.05) is 0 Å². The van der Waals surface area contributed by atoms with Crippen molar-refractivity contribution in [1.29, 1.82) is 0 Å². The fourth-order valence-corrected chi connectivity index (χ4v) is 4.83. The second kappa shape index (κ2) is 11.0. The normalized spacial score (nSPS) is 19.8. The van der Waals surface area contributed by atoms with Gasteiger partial charge in [0.15, 0.2) is 0 Å². The van der Waals surface area contributed by atoms with E-state index in [9.17, 15) is 0 Å². The molecule has 1 aliphatic carbocycles. The first kappa shape index (κ1) is 23.6. The zero-order valence-electron chi connectivity index (χ0n) is 18.8. The van der Waals surface area contributed by atoms with E-state index in [0.29, 0.717) is 5.92 Å². The van der Waals surface area contributed by atoms with Crippen LogP contribution in [0.15, 0.2) is 97.1 Å². The van der Waals surface area contributed by atoms with Gasteiger partial charge in [0.1, 0.15) is 5.60 Å². The van der Waals surface area contributed by atoms with Crippen molar-refractivity contribution in [2.24, 2.45) is 11.8 Å². The van der Waals surface area contributed by atoms with Crippen molar-refractivity contribution in [3.63, 3.8) is 0 Å². The van der Waals surface area contributed by atoms with E-state index >= 15 is 0 Å². The number of hydrogen-bond acceptors (Lipinski definition) is 1. The molecule has 1 nitrogen and oxygen atoms in total. The standard InChI is InChI=1S/C29H31O.Li/c1-3-28(24-21-19-23(2)20-22-24)30-29(25-13-7-4-8-14-25,26-15-9-5-10-16-26)27-17-11-6-12-18-27;/h1,3-18,23-24,28H,19-22H2,2H3;/q-1;+1. The third kappa shape index (κ3) is 5.07. The maximum atomic E-state index is 7.14. The van der Waals surface area contributed by atoms with Crippen molar-refractivity contribution in [1.82, 2.24) is 0 Å². The van der Waals surface area contributed by atoms with Gasteiger partial charge in [0.2, 0.25) is 0 Å². The maximum Gasteiger partial charge on any atom is 1.00 e. The molecule has 0 radical (unpaired) electrons. The summed E-state index contributed by atoms with van der Waals surface area (Å²) in [6, 6.07) is 31.7. The van der Waals surface area contributed by atoms with Crippen LogP contribution in [0.2, 0.25) is 0 Å². The molecule has 0 amide bonds. The van der Waals surface area contributed by atoms with Crippen molar-refractivity contribution in [3.8, 4) is 0 Å². The second-order valence-electron chi connectivity index (χ2n) is 8.57. The topological polar surface area (TPSA) is 9.23 Å². The summed E-state index contributed by atoms with van der Waals surface area (Å²) in [6.07, 6.45) is 6.48. The van der Waals surface area contributed by atoms with Gasteiger partial charge in [-0.1, -0.05) is 111 Å². The predicted molar refractivity (Wildman–Crippen MR) is 124 cm³/mol. The van der Waals surface area contributed by atoms with Crippen LogP contribution < -0.4 is 18.9 Å². The van der Waals surface area contributed by atoms with Crippen molar-refractivity contribution < 1.29 is 23.6 Å². The summed E-state index contributed by atoms with van der Waals surface area (Å²) in [7, 11) is 0. The van der Waals surface area contributed by atoms with Gasteiger partial charge in [0.25, 0.3) is 0 Å². The van der Waals surface area contributed by atoms with Gasteiger partial charge in [0, 0.05) is 6.10 Å². The average Bonchev–Trinajstić information content (AvgIpc) is 2.83. The minimum Gasteiger partial charge on any atom is -0.515 e. The maximum absolute atomic E-state index is 7.14. The Morgan fingerprint density at radius 1 is 0.742 bits per heavy atom. The molecule has 0 aromatic heterocycles. The minimum absolute atomic E-state index is 0. The van der Waals surface area contributed by atoms with Crippen LogP contribution in [-0.2, 0) is 10.3 Å². The van der Waals surface area contributed by atoms with E-state index in [-0.39, 0.29) is 25.0 Å². The number of ether oxygens (including phenoxy) is 1. The molecule has 0 bridgehead atoms. The Balaban J connectivity index is 0.00000272. The van der Waals surface area contributed by atoms with Crippen LogP contribution in [0, 0.1) is 18.4 Å². The first-order valence-electron chi connectivity index (χ1n) is 11.1. The van der Waals surface area contributed by atoms with Crippen LogP contribution in [0.3, 0.4) is 0 Å². The molecule has 1 saturated carbocycles. The third-order valence-corrected chi connectivity index (χ3v) is 6.57. The Morgan fingerprint density at radius 2 is 1.13 bits per heavy atom. The number of hydrogen-bond donors (Lipinski definition) is 0. The number of rotatable bonds is 7. The van der Waals surface area contributed by atoms with Gasteiger partial charge in [-0.3, -0.25) is 0 Å². The largest absolute Gasteiger partial charge is 1.00 e. The van der Waals surface area contributed by atoms with Gasteiger partial charge in [-0.15, -0.1) is 0 Å². The average molecular weight is 403 g/mol. The van der Waals surface area contributed by atoms with E-state index in [1.807, 2.05) is 0 Å². The molecule has 3 aromatic rings. The van der Waals surface area contributed by atoms with Crippen molar-refractivity contribution in [2.45, 2.75) is 44.3 Å². The molecule has 4 rings (SSSR count). The fourth-order valence-electron chi connectivity index (χ4n) is 4.83. The zero-order valence-corrected chi connectivity index (χ0v) is 18.8. The van der Waals surface area contributed by atoms with E-state index < -0.39 is 5.60 Å². The van der Waals surface area contributed by atoms with Crippen LogP contribution in [0.1, 0.15) is 49.3 Å². The summed E-state index contributed by atoms with van der Waals surface area (Å²) >= 11 is 0. The van der Waals surface area contributed by atoms with Gasteiger partial charge < -0.3 is 11.3 Å². The summed E-state index contributed by atoms with van der Waals surface area (Å²) in [4.78, 5) is 0. The SMILES string of the molecule is [CH-]=CC(OC(c1ccccc1)(c1ccccc1)c1ccccc1)C1CCC(C)CC1.[Li+]. The van der Waals surface area contributed by atoms with E-state index in [1.165, 1.54) is 12.8 Å². The Labute approximate surface area is 199 Å². The molecule has 1 fully saturated rings. The van der Waals surface area contributed by atoms with Crippen LogP contribution in [0.5, 0.6) is 0 Å². The monoisotopic (exact) mass is 402 g/mol. The quantitative estimate of drug-likeness (QED) is 0.327. The molecule has 1 aliphatic rings. The van der Waals surface area contributed by atoms with Gasteiger partial charge in [-0.05, 0) is 41.4 Å². The van der Waals surface area contributed by atoms with Crippen LogP contribution >= 0.6 is 0 Å². The summed E-state index contributed by atoms with van der Waals surface area (Å²) < 4.78 is 7.14. The fraction of sp³-hybridized carbons (Fsp3) is 0.310. The van der Waals surface area contributed by atoms with Crippen molar-refractivity contribution >= 4 is 0 Å². The van der Waals surface area contributed by atoms with Crippen LogP contribution in [0.4, 0.5) is 0 Å². The molecule has 1 unspecified atom stereocenters. The Kier molecular flexibility index (Phi) is 8.39. The molecular weight excluding hydrogens is 371 g/mol. The molecule has 3 aromatic carbocycles. The minimum atomic E-state index is -0.715. The summed E-state index contributed by atoms with van der Waals surface area (Å²) in [5.74, 6) is 1.24. The molecule has 31 heavy (non-hydrogen) atoms. The molecule has 0 spiro atoms. The molecule has 154 valence electrons. The Hall–Kier alpha value is -2.04. The predicted octanol–water partition coefficient (Wildman–Crippen LogP) is 4.18. The van der Waals surface area contributed by atoms with Crippen LogP contribution in [-0.4, -0.2) is 6.10 Å². The van der Waals surface area contributed by atoms with E-state index in [1.54, 1.807) is 6.08 Å². The van der Waals surface area contributed by atoms with E-state index in [2.05, 4.69) is 97.9 Å². The third-order valence-electron chi connectivity index (χ3n) is 6.57. The van der Waals surface area contributed by atoms with Gasteiger partial charge in [-0.25, -0.2) is 6.08 Å². The van der Waals surface area contributed by atoms with Gasteiger partial charge in [0.05, 0.1) is 0 Å². The smallest absolute Gasteiger partial charge is 0.515 e. The first-order chi connectivity index (χ1) is 14.7. The second-order valence-corrected chi connectivity index (χ2v) is 8.57. The first-order valence-corrected chi connectivity index (χ1v) is 11.1. The molecule has 0 aliphatic heterocycles. The summed E-state index contributed by atoms with van der Waals surface area (Å²) in [5.41, 5.74) is 2.66. The van der Waals surface area contributed by atoms with Gasteiger partial charge >= 0.3 is 18.9 Å². The molecule has 0 N–H and O–H groups in total. The number of benzene rings is 3. The molecule has 0 saturated heterocycles. The molecule has 2 heteroatoms. The van der Waals surface area contributed by atoms with E-state index in [4.69, 9.17) is 11.3 Å². The zero-order chi connectivity index (χ0) is 20.8.